The second kappa shape index (κ2) is 47.9. The van der Waals surface area contributed by atoms with E-state index < -0.39 is 113 Å². The van der Waals surface area contributed by atoms with Gasteiger partial charge in [0.1, 0.15) is 92.7 Å². The molecule has 0 aliphatic carbocycles. The Kier molecular flexibility index (Phi) is 40.3. The summed E-state index contributed by atoms with van der Waals surface area (Å²) in [4.78, 5) is 96.8. The van der Waals surface area contributed by atoms with Crippen molar-refractivity contribution >= 4 is 150 Å². The molecule has 0 saturated heterocycles. The molecule has 0 saturated carbocycles. The van der Waals surface area contributed by atoms with E-state index in [4.69, 9.17) is 44.0 Å². The number of methoxy groups -OCH3 is 6. The number of hydrogen-bond acceptors (Lipinski definition) is 23. The minimum Gasteiger partial charge on any atom is -0.497 e. The number of pyridine rings is 6. The molecular weight excluding hydrogens is 1740 g/mol. The number of fused-ring (bicyclic) bond motifs is 3. The largest absolute Gasteiger partial charge is 0.497 e. The molecule has 39 heteroatoms. The number of carbonyl (C=O) groups is 6. The third kappa shape index (κ3) is 26.0. The number of aliphatic carboxylic acids is 1. The van der Waals surface area contributed by atoms with Gasteiger partial charge in [-0.1, -0.05) is 18.2 Å². The Morgan fingerprint density at radius 1 is 0.470 bits per heavy atom. The quantitative estimate of drug-likeness (QED) is 0.0150. The first-order valence-electron chi connectivity index (χ1n) is 33.9. The Balaban J connectivity index is 0.000000327. The summed E-state index contributed by atoms with van der Waals surface area (Å²) in [6.07, 6.45) is 9.59. The molecule has 6 aromatic heterocycles. The van der Waals surface area contributed by atoms with Gasteiger partial charge in [-0.3, -0.25) is 44.3 Å². The van der Waals surface area contributed by atoms with E-state index in [2.05, 4.69) is 77.1 Å². The minimum atomic E-state index is -1.64. The summed E-state index contributed by atoms with van der Waals surface area (Å²) in [5, 5.41) is 43.2. The molecule has 3 atom stereocenters. The number of rotatable bonds is 26. The van der Waals surface area contributed by atoms with E-state index in [9.17, 15) is 70.3 Å². The van der Waals surface area contributed by atoms with Crippen molar-refractivity contribution < 1.29 is 113 Å². The van der Waals surface area contributed by atoms with Crippen LogP contribution in [0.3, 0.4) is 0 Å². The van der Waals surface area contributed by atoms with Gasteiger partial charge in [-0.15, -0.1) is 37.2 Å². The van der Waals surface area contributed by atoms with Gasteiger partial charge in [0.15, 0.2) is 0 Å². The molecule has 117 heavy (non-hydrogen) atoms. The SMILES string of the molecule is CCOCc1cc(OC)c(-c2cnc(C[C@H](NC(=O)c3c(F)cccc3F)C(=O)O)c3cccnc23)c(OC)c1.CCOCc1cc(OC)c(B(O)O)c(OC)c1.COC(=O)[C@@H](N)Cc1ncc(Br)c2ncccc12.COC(=O)[C@H](Cc1ncc(Br)c2ncccc12)NC(=O)c1c(F)cccc1F.Cl.Cl.Cl.O=C(O)c1c(F)cccc1F. The number of nitrogens with one attached hydrogen (secondary N) is 2. The lowest BCUT2D eigenvalue weighted by Crippen LogP contribution is -2.43. The zero-order valence-corrected chi connectivity index (χ0v) is 68.8. The number of ether oxygens (including phenoxy) is 8. The van der Waals surface area contributed by atoms with Gasteiger partial charge < -0.3 is 74.5 Å². The van der Waals surface area contributed by atoms with Crippen LogP contribution >= 0.6 is 69.1 Å². The number of hydrogen-bond donors (Lipinski definition) is 7. The Labute approximate surface area is 701 Å². The van der Waals surface area contributed by atoms with Gasteiger partial charge in [0.05, 0.1) is 109 Å². The topological polar surface area (TPSA) is 385 Å². The van der Waals surface area contributed by atoms with Crippen molar-refractivity contribution in [2.24, 2.45) is 5.73 Å². The molecule has 2 amide bonds. The smallest absolute Gasteiger partial charge is 0.496 e. The van der Waals surface area contributed by atoms with E-state index in [0.29, 0.717) is 105 Å². The number of esters is 2. The summed E-state index contributed by atoms with van der Waals surface area (Å²) >= 11 is 6.75. The van der Waals surface area contributed by atoms with E-state index >= 15 is 0 Å². The van der Waals surface area contributed by atoms with E-state index in [1.165, 1.54) is 47.9 Å². The second-order valence-corrected chi connectivity index (χ2v) is 25.3. The van der Waals surface area contributed by atoms with Gasteiger partial charge in [0.25, 0.3) is 11.8 Å². The summed E-state index contributed by atoms with van der Waals surface area (Å²) in [5.74, 6) is -11.1. The van der Waals surface area contributed by atoms with Crippen molar-refractivity contribution in [1.29, 1.82) is 0 Å². The molecule has 0 bridgehead atoms. The van der Waals surface area contributed by atoms with Gasteiger partial charge in [-0.25, -0.2) is 40.7 Å². The first kappa shape index (κ1) is 98.4. The highest BCUT2D eigenvalue weighted by atomic mass is 79.9. The fourth-order valence-corrected chi connectivity index (χ4v) is 11.9. The Hall–Kier alpha value is -10.9. The van der Waals surface area contributed by atoms with Crippen LogP contribution in [0.15, 0.2) is 161 Å². The van der Waals surface area contributed by atoms with Gasteiger partial charge in [-0.05, 0) is 154 Å². The maximum Gasteiger partial charge on any atom is 0.496 e. The second-order valence-electron chi connectivity index (χ2n) is 23.6. The highest BCUT2D eigenvalue weighted by Gasteiger charge is 2.31. The van der Waals surface area contributed by atoms with Crippen molar-refractivity contribution in [2.75, 3.05) is 55.9 Å². The number of aromatic carboxylic acids is 1. The average molecular weight is 1820 g/mol. The van der Waals surface area contributed by atoms with Gasteiger partial charge in [0, 0.05) is 91.4 Å². The number of benzene rings is 5. The molecule has 0 fully saturated rings. The number of carbonyl (C=O) groups excluding carboxylic acids is 4. The zero-order chi connectivity index (χ0) is 83.5. The third-order valence-corrected chi connectivity index (χ3v) is 17.5. The van der Waals surface area contributed by atoms with Crippen LogP contribution in [-0.4, -0.2) is 167 Å². The summed E-state index contributed by atoms with van der Waals surface area (Å²) < 4.78 is 124. The summed E-state index contributed by atoms with van der Waals surface area (Å²) in [6, 6.07) is 23.1. The number of carboxylic acid groups (broad SMARTS) is 2. The van der Waals surface area contributed by atoms with Crippen LogP contribution in [0.1, 0.15) is 73.1 Å². The Bertz CT molecular complexity index is 5170. The number of amides is 2. The maximum absolute atomic E-state index is 14.1. The summed E-state index contributed by atoms with van der Waals surface area (Å²) in [7, 11) is 6.81. The van der Waals surface area contributed by atoms with Crippen LogP contribution in [0.4, 0.5) is 26.3 Å². The van der Waals surface area contributed by atoms with Crippen LogP contribution < -0.4 is 40.8 Å². The molecule has 11 aromatic rings. The molecule has 0 aliphatic heterocycles. The van der Waals surface area contributed by atoms with Crippen molar-refractivity contribution in [2.45, 2.75) is 64.4 Å². The minimum absolute atomic E-state index is 0. The first-order chi connectivity index (χ1) is 54.6. The van der Waals surface area contributed by atoms with Crippen LogP contribution in [0, 0.1) is 34.9 Å². The highest BCUT2D eigenvalue weighted by Crippen LogP contribution is 2.43. The van der Waals surface area contributed by atoms with E-state index in [0.717, 1.165) is 93.9 Å². The van der Waals surface area contributed by atoms with Crippen LogP contribution in [0.5, 0.6) is 23.0 Å². The zero-order valence-electron chi connectivity index (χ0n) is 63.2. The molecule has 0 aliphatic rings. The Morgan fingerprint density at radius 3 is 1.18 bits per heavy atom. The standard InChI is InChI=1S/C29H27F2N3O6.C19H14BrF2N3O3.C12H12BrN3O2.C11H17BO5.C7H4F2O2.3ClH/c1-4-40-15-16-11-23(38-2)25(24(12-16)39-3)18-14-33-21(17-7-6-10-32-27(17)18)13-22(29(36)37)34-28(35)26-19(30)8-5-9-20(26)31;1-28-19(27)15(25-18(26)16-12(21)5-2-6-13(16)22)8-14-10-4-3-7-23-17(10)11(20)9-24-14;1-18-12(17)9(14)5-10-7-3-2-4-15-11(7)8(13)6-16-10;1-4-17-7-8-5-9(15-2)11(12(13)14)10(6-8)16-3;8-4-2-1-3-5(9)6(4)7(10)11;;;/h5-12,14,22H,4,13,15H2,1-3H3,(H,34,35)(H,36,37);2-7,9,15H,8H2,1H3,(H,25,26);2-4,6,9H,5,14H2,1H3;5-6,13-14H,4,7H2,1-3H3;1-3H,(H,10,11);3*1H/t22-;15-;9-;;;;;/m000...../s1. The highest BCUT2D eigenvalue weighted by molar-refractivity contribution is 9.11. The molecule has 0 unspecified atom stereocenters. The van der Waals surface area contributed by atoms with Crippen molar-refractivity contribution in [3.8, 4) is 34.1 Å². The van der Waals surface area contributed by atoms with Gasteiger partial charge in [0.2, 0.25) is 0 Å². The third-order valence-electron chi connectivity index (χ3n) is 16.4. The molecule has 622 valence electrons. The number of aromatic nitrogens is 6. The number of nitrogens with two attached hydrogens (primary N) is 1. The van der Waals surface area contributed by atoms with Crippen molar-refractivity contribution in [3.05, 3.63) is 241 Å². The Morgan fingerprint density at radius 2 is 0.821 bits per heavy atom. The lowest BCUT2D eigenvalue weighted by molar-refractivity contribution is -0.143. The van der Waals surface area contributed by atoms with Crippen LogP contribution in [-0.2, 0) is 65.8 Å². The normalized spacial score (nSPS) is 11.1. The molecule has 0 spiro atoms. The van der Waals surface area contributed by atoms with Crippen LogP contribution in [0.25, 0.3) is 43.8 Å². The fraction of sp³-hybridized carbons (Fsp3) is 0.231. The van der Waals surface area contributed by atoms with Crippen molar-refractivity contribution in [1.82, 2.24) is 40.5 Å². The average Bonchev–Trinajstić information content (AvgIpc) is 0.764. The predicted molar refractivity (Wildman–Crippen MR) is 434 cm³/mol. The number of carboxylic acids is 2. The molecule has 27 nitrogen and oxygen atoms in total. The van der Waals surface area contributed by atoms with E-state index in [1.807, 2.05) is 38.1 Å². The monoisotopic (exact) mass is 1820 g/mol. The molecule has 8 N–H and O–H groups in total. The molecule has 6 heterocycles. The number of nitrogens with zero attached hydrogens (tertiary/aromatic N) is 6. The predicted octanol–water partition coefficient (Wildman–Crippen LogP) is 12.0. The van der Waals surface area contributed by atoms with Crippen LogP contribution in [0.2, 0.25) is 0 Å². The fourth-order valence-electron chi connectivity index (χ4n) is 11.0. The lowest BCUT2D eigenvalue weighted by atomic mass is 9.78. The molecule has 11 rings (SSSR count). The van der Waals surface area contributed by atoms with E-state index in [-0.39, 0.29) is 55.5 Å². The van der Waals surface area contributed by atoms with Crippen molar-refractivity contribution in [3.63, 3.8) is 0 Å². The summed E-state index contributed by atoms with van der Waals surface area (Å²) in [5.41, 5.74) is 9.69. The molecule has 5 aromatic carbocycles. The van der Waals surface area contributed by atoms with E-state index in [1.54, 1.807) is 61.2 Å². The van der Waals surface area contributed by atoms with Gasteiger partial charge >= 0.3 is 31.0 Å². The molecule has 0 radical (unpaired) electrons. The maximum atomic E-state index is 14.1. The van der Waals surface area contributed by atoms with Gasteiger partial charge in [-0.2, -0.15) is 0 Å². The lowest BCUT2D eigenvalue weighted by Gasteiger charge is -2.19. The molecular formula is C78H77BBr2Cl3F6N9O18. The number of halogens is 11. The first-order valence-corrected chi connectivity index (χ1v) is 35.5. The summed E-state index contributed by atoms with van der Waals surface area (Å²) in [6.45, 7) is 5.73.